The number of amides is 1. The molecule has 6 heteroatoms. The zero-order valence-corrected chi connectivity index (χ0v) is 11.7. The van der Waals surface area contributed by atoms with Crippen LogP contribution in [0.1, 0.15) is 38.9 Å². The lowest BCUT2D eigenvalue weighted by atomic mass is 10.3. The summed E-state index contributed by atoms with van der Waals surface area (Å²) in [5.41, 5.74) is 5.09. The molecule has 1 aromatic rings. The van der Waals surface area contributed by atoms with Gasteiger partial charge in [-0.15, -0.1) is 0 Å². The van der Waals surface area contributed by atoms with Gasteiger partial charge in [-0.2, -0.15) is 0 Å². The lowest BCUT2D eigenvalue weighted by molar-refractivity contribution is -0.118. The van der Waals surface area contributed by atoms with Crippen LogP contribution < -0.4 is 16.4 Å². The summed E-state index contributed by atoms with van der Waals surface area (Å²) >= 11 is 0. The van der Waals surface area contributed by atoms with Crippen molar-refractivity contribution in [3.05, 3.63) is 11.9 Å². The number of anilines is 2. The minimum Gasteiger partial charge on any atom is -0.370 e. The topological polar surface area (TPSA) is 92.9 Å². The summed E-state index contributed by atoms with van der Waals surface area (Å²) in [6.45, 7) is 5.70. The monoisotopic (exact) mass is 265 g/mol. The largest absolute Gasteiger partial charge is 0.370 e. The molecule has 1 heterocycles. The first-order valence-electron chi connectivity index (χ1n) is 6.79. The van der Waals surface area contributed by atoms with Crippen molar-refractivity contribution in [2.75, 3.05) is 23.7 Å². The Hall–Kier alpha value is -1.85. The fraction of sp³-hybridized carbons (Fsp3) is 0.615. The molecule has 0 bridgehead atoms. The summed E-state index contributed by atoms with van der Waals surface area (Å²) in [7, 11) is 0. The van der Waals surface area contributed by atoms with Crippen LogP contribution in [0.15, 0.2) is 6.07 Å². The number of nitrogens with two attached hydrogens (primary N) is 1. The predicted molar refractivity (Wildman–Crippen MR) is 77.1 cm³/mol. The molecule has 0 saturated heterocycles. The van der Waals surface area contributed by atoms with Gasteiger partial charge >= 0.3 is 0 Å². The molecule has 0 saturated carbocycles. The second kappa shape index (κ2) is 8.29. The first-order valence-corrected chi connectivity index (χ1v) is 6.79. The Morgan fingerprint density at radius 2 is 1.84 bits per heavy atom. The van der Waals surface area contributed by atoms with Crippen LogP contribution in [0.5, 0.6) is 0 Å². The Bertz CT molecular complexity index is 408. The molecule has 0 spiro atoms. The van der Waals surface area contributed by atoms with Crippen LogP contribution in [0.4, 0.5) is 11.6 Å². The van der Waals surface area contributed by atoms with E-state index in [4.69, 9.17) is 5.73 Å². The van der Waals surface area contributed by atoms with Crippen molar-refractivity contribution in [2.45, 2.75) is 39.5 Å². The third-order valence-corrected chi connectivity index (χ3v) is 2.55. The van der Waals surface area contributed by atoms with Crippen molar-refractivity contribution in [3.8, 4) is 0 Å². The molecule has 19 heavy (non-hydrogen) atoms. The Morgan fingerprint density at radius 1 is 1.21 bits per heavy atom. The number of hydrogen-bond donors (Lipinski definition) is 3. The maximum Gasteiger partial charge on any atom is 0.217 e. The van der Waals surface area contributed by atoms with E-state index in [9.17, 15) is 4.79 Å². The molecule has 0 fully saturated rings. The standard InChI is InChI=1S/C13H23N5O/c1-3-7-15-12-9-13(18-11(4-2)17-12)16-8-5-6-10(14)19/h9H,3-8H2,1-2H3,(H2,14,19)(H2,15,16,17,18). The number of nitrogens with one attached hydrogen (secondary N) is 2. The molecule has 4 N–H and O–H groups in total. The third kappa shape index (κ3) is 6.03. The SMILES string of the molecule is CCCNc1cc(NCCCC(N)=O)nc(CC)n1. The summed E-state index contributed by atoms with van der Waals surface area (Å²) < 4.78 is 0. The van der Waals surface area contributed by atoms with Gasteiger partial charge in [0.1, 0.15) is 17.5 Å². The first kappa shape index (κ1) is 15.2. The molecule has 0 aliphatic rings. The van der Waals surface area contributed by atoms with E-state index in [0.717, 1.165) is 36.8 Å². The van der Waals surface area contributed by atoms with Gasteiger partial charge in [0, 0.05) is 32.0 Å². The van der Waals surface area contributed by atoms with E-state index in [0.29, 0.717) is 19.4 Å². The second-order valence-corrected chi connectivity index (χ2v) is 4.33. The fourth-order valence-corrected chi connectivity index (χ4v) is 1.57. The fourth-order valence-electron chi connectivity index (χ4n) is 1.57. The quantitative estimate of drug-likeness (QED) is 0.589. The van der Waals surface area contributed by atoms with E-state index in [1.807, 2.05) is 13.0 Å². The number of hydrogen-bond acceptors (Lipinski definition) is 5. The lowest BCUT2D eigenvalue weighted by Crippen LogP contribution is -2.13. The number of nitrogens with zero attached hydrogens (tertiary/aromatic N) is 2. The number of aryl methyl sites for hydroxylation is 1. The minimum absolute atomic E-state index is 0.274. The summed E-state index contributed by atoms with van der Waals surface area (Å²) in [6, 6.07) is 1.89. The van der Waals surface area contributed by atoms with E-state index in [-0.39, 0.29) is 5.91 Å². The molecule has 0 unspecified atom stereocenters. The van der Waals surface area contributed by atoms with Gasteiger partial charge in [-0.3, -0.25) is 4.79 Å². The first-order chi connectivity index (χ1) is 9.15. The lowest BCUT2D eigenvalue weighted by Gasteiger charge is -2.10. The summed E-state index contributed by atoms with van der Waals surface area (Å²) in [6.07, 6.45) is 2.93. The smallest absolute Gasteiger partial charge is 0.217 e. The molecule has 6 nitrogen and oxygen atoms in total. The zero-order chi connectivity index (χ0) is 14.1. The molecule has 0 radical (unpaired) electrons. The van der Waals surface area contributed by atoms with Crippen molar-refractivity contribution in [1.82, 2.24) is 9.97 Å². The van der Waals surface area contributed by atoms with Gasteiger partial charge in [0.15, 0.2) is 0 Å². The molecule has 0 aromatic carbocycles. The molecule has 0 atom stereocenters. The van der Waals surface area contributed by atoms with Crippen LogP contribution in [0.3, 0.4) is 0 Å². The van der Waals surface area contributed by atoms with Gasteiger partial charge in [-0.05, 0) is 12.8 Å². The second-order valence-electron chi connectivity index (χ2n) is 4.33. The number of primary amides is 1. The third-order valence-electron chi connectivity index (χ3n) is 2.55. The molecule has 106 valence electrons. The normalized spacial score (nSPS) is 10.2. The maximum absolute atomic E-state index is 10.6. The van der Waals surface area contributed by atoms with Crippen LogP contribution in [-0.2, 0) is 11.2 Å². The van der Waals surface area contributed by atoms with E-state index in [1.165, 1.54) is 0 Å². The Morgan fingerprint density at radius 3 is 2.37 bits per heavy atom. The van der Waals surface area contributed by atoms with Crippen LogP contribution in [0, 0.1) is 0 Å². The van der Waals surface area contributed by atoms with Gasteiger partial charge in [-0.1, -0.05) is 13.8 Å². The number of rotatable bonds is 9. The summed E-state index contributed by atoms with van der Waals surface area (Å²) in [5.74, 6) is 2.16. The minimum atomic E-state index is -0.274. The van der Waals surface area contributed by atoms with Crippen molar-refractivity contribution in [3.63, 3.8) is 0 Å². The maximum atomic E-state index is 10.6. The van der Waals surface area contributed by atoms with Gasteiger partial charge in [-0.25, -0.2) is 9.97 Å². The van der Waals surface area contributed by atoms with E-state index < -0.39 is 0 Å². The highest BCUT2D eigenvalue weighted by Gasteiger charge is 2.03. The van der Waals surface area contributed by atoms with Gasteiger partial charge in [0.25, 0.3) is 0 Å². The number of aromatic nitrogens is 2. The summed E-state index contributed by atoms with van der Waals surface area (Å²) in [4.78, 5) is 19.5. The van der Waals surface area contributed by atoms with Crippen LogP contribution >= 0.6 is 0 Å². The zero-order valence-electron chi connectivity index (χ0n) is 11.7. The molecular formula is C13H23N5O. The van der Waals surface area contributed by atoms with Crippen LogP contribution in [-0.4, -0.2) is 29.0 Å². The Kier molecular flexibility index (Phi) is 6.63. The average Bonchev–Trinajstić information content (AvgIpc) is 2.41. The van der Waals surface area contributed by atoms with E-state index in [2.05, 4.69) is 27.5 Å². The van der Waals surface area contributed by atoms with Crippen LogP contribution in [0.25, 0.3) is 0 Å². The number of carbonyl (C=O) groups excluding carboxylic acids is 1. The highest BCUT2D eigenvalue weighted by atomic mass is 16.1. The van der Waals surface area contributed by atoms with Crippen molar-refractivity contribution < 1.29 is 4.79 Å². The van der Waals surface area contributed by atoms with Gasteiger partial charge in [0.2, 0.25) is 5.91 Å². The predicted octanol–water partition coefficient (Wildman–Crippen LogP) is 1.54. The molecule has 0 aliphatic heterocycles. The van der Waals surface area contributed by atoms with Crippen molar-refractivity contribution in [1.29, 1.82) is 0 Å². The molecular weight excluding hydrogens is 242 g/mol. The Labute approximate surface area is 114 Å². The van der Waals surface area contributed by atoms with Gasteiger partial charge in [0.05, 0.1) is 0 Å². The number of carbonyl (C=O) groups is 1. The molecule has 1 amide bonds. The molecule has 0 aliphatic carbocycles. The van der Waals surface area contributed by atoms with Crippen molar-refractivity contribution in [2.24, 2.45) is 5.73 Å². The van der Waals surface area contributed by atoms with Crippen molar-refractivity contribution >= 4 is 17.5 Å². The highest BCUT2D eigenvalue weighted by Crippen LogP contribution is 2.12. The average molecular weight is 265 g/mol. The highest BCUT2D eigenvalue weighted by molar-refractivity contribution is 5.73. The van der Waals surface area contributed by atoms with Gasteiger partial charge < -0.3 is 16.4 Å². The molecule has 1 aromatic heterocycles. The summed E-state index contributed by atoms with van der Waals surface area (Å²) in [5, 5.41) is 6.45. The molecule has 1 rings (SSSR count). The van der Waals surface area contributed by atoms with E-state index >= 15 is 0 Å². The van der Waals surface area contributed by atoms with E-state index in [1.54, 1.807) is 0 Å². The van der Waals surface area contributed by atoms with Crippen LogP contribution in [0.2, 0.25) is 0 Å². The Balaban J connectivity index is 2.57.